The molecule has 1 aromatic heterocycles. The maximum Gasteiger partial charge on any atom is 0.252 e. The van der Waals surface area contributed by atoms with Crippen molar-refractivity contribution in [3.63, 3.8) is 0 Å². The Hall–Kier alpha value is -6.72. The Morgan fingerprint density at radius 2 is 0.881 bits per heavy atom. The molecule has 0 N–H and O–H groups in total. The van der Waals surface area contributed by atoms with E-state index >= 15 is 0 Å². The lowest BCUT2D eigenvalue weighted by molar-refractivity contribution is 0.590. The summed E-state index contributed by atoms with van der Waals surface area (Å²) in [6, 6.07) is 60.8. The predicted molar refractivity (Wildman–Crippen MR) is 250 cm³/mol. The molecule has 0 aliphatic carbocycles. The van der Waals surface area contributed by atoms with Crippen molar-refractivity contribution in [3.05, 3.63) is 187 Å². The third-order valence-electron chi connectivity index (χ3n) is 12.1. The average molecular weight is 763 g/mol. The van der Waals surface area contributed by atoms with Crippen molar-refractivity contribution in [1.82, 2.24) is 9.97 Å². The molecule has 0 saturated carbocycles. The summed E-state index contributed by atoms with van der Waals surface area (Å²) in [7, 11) is 0. The van der Waals surface area contributed by atoms with Gasteiger partial charge in [0.15, 0.2) is 0 Å². The fourth-order valence-corrected chi connectivity index (χ4v) is 9.01. The van der Waals surface area contributed by atoms with Crippen molar-refractivity contribution < 1.29 is 0 Å². The van der Waals surface area contributed by atoms with Crippen LogP contribution in [-0.2, 0) is 10.8 Å². The van der Waals surface area contributed by atoms with Crippen molar-refractivity contribution in [1.29, 1.82) is 0 Å². The Balaban J connectivity index is 1.31. The van der Waals surface area contributed by atoms with Crippen molar-refractivity contribution >= 4 is 57.2 Å². The minimum Gasteiger partial charge on any atom is -0.311 e. The molecular weight excluding hydrogens is 715 g/mol. The lowest BCUT2D eigenvalue weighted by Crippen LogP contribution is -2.61. The molecule has 2 aliphatic heterocycles. The molecular formula is C54H47BN4. The molecule has 0 spiro atoms. The zero-order valence-electron chi connectivity index (χ0n) is 34.6. The van der Waals surface area contributed by atoms with Gasteiger partial charge in [-0.3, -0.25) is 0 Å². The van der Waals surface area contributed by atoms with Gasteiger partial charge in [0, 0.05) is 45.9 Å². The highest BCUT2D eigenvalue weighted by Gasteiger charge is 2.44. The number of rotatable bonds is 5. The van der Waals surface area contributed by atoms with E-state index in [0.29, 0.717) is 0 Å². The fraction of sp³-hybridized carbons (Fsp3) is 0.148. The third kappa shape index (κ3) is 6.42. The summed E-state index contributed by atoms with van der Waals surface area (Å²) in [6.45, 7) is 13.6. The maximum atomic E-state index is 4.81. The fourth-order valence-electron chi connectivity index (χ4n) is 9.01. The van der Waals surface area contributed by atoms with E-state index in [1.54, 1.807) is 6.33 Å². The lowest BCUT2D eigenvalue weighted by Gasteiger charge is -2.44. The van der Waals surface area contributed by atoms with E-state index in [1.165, 1.54) is 61.1 Å². The molecule has 0 unspecified atom stereocenters. The number of anilines is 6. The molecule has 286 valence electrons. The first kappa shape index (κ1) is 36.6. The summed E-state index contributed by atoms with van der Waals surface area (Å²) in [5, 5.41) is 0. The molecule has 0 fully saturated rings. The molecule has 10 rings (SSSR count). The van der Waals surface area contributed by atoms with Crippen LogP contribution in [-0.4, -0.2) is 16.7 Å². The lowest BCUT2D eigenvalue weighted by atomic mass is 9.33. The van der Waals surface area contributed by atoms with Crippen LogP contribution in [0.4, 0.5) is 34.1 Å². The van der Waals surface area contributed by atoms with Crippen LogP contribution in [0.3, 0.4) is 0 Å². The van der Waals surface area contributed by atoms with Gasteiger partial charge in [-0.05, 0) is 115 Å². The quantitative estimate of drug-likeness (QED) is 0.164. The maximum absolute atomic E-state index is 4.81. The Labute approximate surface area is 349 Å². The van der Waals surface area contributed by atoms with Crippen molar-refractivity contribution in [2.45, 2.75) is 52.4 Å². The van der Waals surface area contributed by atoms with Gasteiger partial charge < -0.3 is 9.80 Å². The minimum atomic E-state index is -0.0491. The van der Waals surface area contributed by atoms with Gasteiger partial charge in [0.2, 0.25) is 0 Å². The van der Waals surface area contributed by atoms with Gasteiger partial charge in [0.25, 0.3) is 6.71 Å². The summed E-state index contributed by atoms with van der Waals surface area (Å²) >= 11 is 0. The minimum absolute atomic E-state index is 0.0311. The highest BCUT2D eigenvalue weighted by molar-refractivity contribution is 7.00. The number of fused-ring (bicyclic) bond motifs is 4. The van der Waals surface area contributed by atoms with Crippen molar-refractivity contribution in [3.8, 4) is 33.5 Å². The van der Waals surface area contributed by atoms with E-state index in [-0.39, 0.29) is 17.5 Å². The van der Waals surface area contributed by atoms with Crippen LogP contribution in [0.25, 0.3) is 33.5 Å². The zero-order valence-corrected chi connectivity index (χ0v) is 34.6. The second-order valence-corrected chi connectivity index (χ2v) is 18.0. The molecule has 0 atom stereocenters. The summed E-state index contributed by atoms with van der Waals surface area (Å²) < 4.78 is 0. The van der Waals surface area contributed by atoms with Crippen LogP contribution in [0.1, 0.15) is 52.7 Å². The van der Waals surface area contributed by atoms with Gasteiger partial charge in [-0.2, -0.15) is 0 Å². The number of benzene rings is 7. The normalized spacial score (nSPS) is 13.2. The Morgan fingerprint density at radius 1 is 0.424 bits per heavy atom. The Morgan fingerprint density at radius 3 is 1.29 bits per heavy atom. The second kappa shape index (κ2) is 14.0. The van der Waals surface area contributed by atoms with Crippen LogP contribution < -0.4 is 26.2 Å². The second-order valence-electron chi connectivity index (χ2n) is 18.0. The number of nitrogens with zero attached hydrogens (tertiary/aromatic N) is 4. The summed E-state index contributed by atoms with van der Waals surface area (Å²) in [5.41, 5.74) is 20.2. The van der Waals surface area contributed by atoms with Gasteiger partial charge in [-0.25, -0.2) is 9.97 Å². The topological polar surface area (TPSA) is 32.3 Å². The molecule has 0 amide bonds. The number of hydrogen-bond acceptors (Lipinski definition) is 4. The largest absolute Gasteiger partial charge is 0.311 e. The molecule has 0 bridgehead atoms. The molecule has 0 radical (unpaired) electrons. The van der Waals surface area contributed by atoms with Gasteiger partial charge in [-0.1, -0.05) is 151 Å². The Bertz CT molecular complexity index is 2650. The van der Waals surface area contributed by atoms with Crippen LogP contribution in [0.5, 0.6) is 0 Å². The summed E-state index contributed by atoms with van der Waals surface area (Å²) in [5.74, 6) is 0. The summed E-state index contributed by atoms with van der Waals surface area (Å²) in [6.07, 6.45) is 3.48. The van der Waals surface area contributed by atoms with E-state index in [0.717, 1.165) is 34.0 Å². The highest BCUT2D eigenvalue weighted by atomic mass is 15.2. The molecule has 2 aliphatic rings. The van der Waals surface area contributed by atoms with Crippen LogP contribution >= 0.6 is 0 Å². The molecule has 8 aromatic rings. The standard InChI is InChI=1S/C54H47BN4/c1-53(2,3)41-19-23-43(24-20-41)58-48-27-17-38(36-13-9-7-10-14-36)31-45(48)55-46-32-39(37-15-11-8-12-16-37)18-28-49(46)59(44-25-21-42(22-26-44)54(4,5)6)51-34-40(33-50(58)52(51)55)47-29-30-56-35-57-47/h7-35H,1-6H3. The van der Waals surface area contributed by atoms with E-state index < -0.39 is 0 Å². The predicted octanol–water partition coefficient (Wildman–Crippen LogP) is 12.2. The Kier molecular flexibility index (Phi) is 8.68. The highest BCUT2D eigenvalue weighted by Crippen LogP contribution is 2.47. The smallest absolute Gasteiger partial charge is 0.252 e. The number of aromatic nitrogens is 2. The van der Waals surface area contributed by atoms with Crippen LogP contribution in [0.2, 0.25) is 0 Å². The van der Waals surface area contributed by atoms with Gasteiger partial charge in [0.05, 0.1) is 5.69 Å². The molecule has 3 heterocycles. The van der Waals surface area contributed by atoms with Crippen molar-refractivity contribution in [2.24, 2.45) is 0 Å². The van der Waals surface area contributed by atoms with Gasteiger partial charge >= 0.3 is 0 Å². The van der Waals surface area contributed by atoms with E-state index in [2.05, 4.69) is 214 Å². The monoisotopic (exact) mass is 762 g/mol. The van der Waals surface area contributed by atoms with Gasteiger partial charge in [0.1, 0.15) is 6.33 Å². The van der Waals surface area contributed by atoms with E-state index in [9.17, 15) is 0 Å². The van der Waals surface area contributed by atoms with Gasteiger partial charge in [-0.15, -0.1) is 0 Å². The molecule has 4 nitrogen and oxygen atoms in total. The van der Waals surface area contributed by atoms with E-state index in [1.807, 2.05) is 12.3 Å². The zero-order chi connectivity index (χ0) is 40.5. The first-order valence-electron chi connectivity index (χ1n) is 20.7. The van der Waals surface area contributed by atoms with Crippen molar-refractivity contribution in [2.75, 3.05) is 9.80 Å². The third-order valence-corrected chi connectivity index (χ3v) is 12.1. The average Bonchev–Trinajstić information content (AvgIpc) is 3.26. The number of hydrogen-bond donors (Lipinski definition) is 0. The summed E-state index contributed by atoms with van der Waals surface area (Å²) in [4.78, 5) is 14.1. The van der Waals surface area contributed by atoms with E-state index in [4.69, 9.17) is 4.98 Å². The molecule has 5 heteroatoms. The van der Waals surface area contributed by atoms with Crippen LogP contribution in [0, 0.1) is 0 Å². The first-order valence-corrected chi connectivity index (χ1v) is 20.7. The first-order chi connectivity index (χ1) is 28.5. The SMILES string of the molecule is CC(C)(C)c1ccc(N2c3ccc(-c4ccccc4)cc3B3c4cc(-c5ccccc5)ccc4N(c4ccc(C(C)(C)C)cc4)c4cc(-c5ccncn5)cc2c43)cc1. The van der Waals surface area contributed by atoms with Crippen LogP contribution in [0.15, 0.2) is 176 Å². The molecule has 0 saturated heterocycles. The molecule has 7 aromatic carbocycles. The molecule has 59 heavy (non-hydrogen) atoms.